The highest BCUT2D eigenvalue weighted by Crippen LogP contribution is 2.09. The van der Waals surface area contributed by atoms with E-state index in [1.165, 1.54) is 18.4 Å². The first-order valence-electron chi connectivity index (χ1n) is 8.23. The topological polar surface area (TPSA) is 54.0 Å². The average Bonchev–Trinajstić information content (AvgIpc) is 2.58. The maximum Gasteiger partial charge on any atom is 0.270 e. The number of hydrogen-bond donors (Lipinski definition) is 2. The molecule has 0 aliphatic rings. The maximum atomic E-state index is 12.1. The predicted molar refractivity (Wildman–Crippen MR) is 94.6 cm³/mol. The number of nitrogens with zero attached hydrogens (tertiary/aromatic N) is 1. The molecule has 2 N–H and O–H groups in total. The summed E-state index contributed by atoms with van der Waals surface area (Å²) in [6, 6.07) is 11.7. The summed E-state index contributed by atoms with van der Waals surface area (Å²) in [5.41, 5.74) is 3.69. The Morgan fingerprint density at radius 2 is 1.96 bits per heavy atom. The van der Waals surface area contributed by atoms with Crippen LogP contribution in [0.3, 0.4) is 0 Å². The second kappa shape index (κ2) is 8.93. The van der Waals surface area contributed by atoms with E-state index >= 15 is 0 Å². The number of unbranched alkanes of at least 4 members (excludes halogenated alkanes) is 2. The number of carbonyl (C=O) groups is 1. The van der Waals surface area contributed by atoms with Gasteiger partial charge >= 0.3 is 0 Å². The molecule has 0 unspecified atom stereocenters. The van der Waals surface area contributed by atoms with Gasteiger partial charge in [0.2, 0.25) is 0 Å². The second-order valence-corrected chi connectivity index (χ2v) is 5.68. The van der Waals surface area contributed by atoms with Crippen LogP contribution < -0.4 is 10.6 Å². The summed E-state index contributed by atoms with van der Waals surface area (Å²) in [6.07, 6.45) is 5.30. The van der Waals surface area contributed by atoms with Crippen molar-refractivity contribution < 1.29 is 4.79 Å². The monoisotopic (exact) mass is 311 g/mol. The van der Waals surface area contributed by atoms with E-state index in [1.54, 1.807) is 12.3 Å². The lowest BCUT2D eigenvalue weighted by atomic mass is 10.1. The summed E-state index contributed by atoms with van der Waals surface area (Å²) >= 11 is 0. The molecular weight excluding hydrogens is 286 g/mol. The van der Waals surface area contributed by atoms with Crippen LogP contribution in [0.1, 0.15) is 47.8 Å². The van der Waals surface area contributed by atoms with Gasteiger partial charge in [-0.05, 0) is 36.6 Å². The van der Waals surface area contributed by atoms with Gasteiger partial charge in [0.05, 0.1) is 11.9 Å². The fourth-order valence-electron chi connectivity index (χ4n) is 2.31. The third kappa shape index (κ3) is 5.40. The van der Waals surface area contributed by atoms with Crippen molar-refractivity contribution in [2.45, 2.75) is 39.7 Å². The molecule has 2 aromatic rings. The van der Waals surface area contributed by atoms with Gasteiger partial charge in [-0.2, -0.15) is 0 Å². The SMILES string of the molecule is CCCCCNc1ccc(C(=O)NCc2ccccc2C)nc1. The Kier molecular flexibility index (Phi) is 6.60. The van der Waals surface area contributed by atoms with Crippen LogP contribution in [0.5, 0.6) is 0 Å². The van der Waals surface area contributed by atoms with Crippen molar-refractivity contribution >= 4 is 11.6 Å². The van der Waals surface area contributed by atoms with Crippen molar-refractivity contribution in [3.63, 3.8) is 0 Å². The molecule has 0 radical (unpaired) electrons. The van der Waals surface area contributed by atoms with Gasteiger partial charge in [0, 0.05) is 13.1 Å². The van der Waals surface area contributed by atoms with E-state index in [1.807, 2.05) is 37.3 Å². The number of pyridine rings is 1. The van der Waals surface area contributed by atoms with Gasteiger partial charge in [-0.3, -0.25) is 4.79 Å². The zero-order valence-electron chi connectivity index (χ0n) is 13.9. The number of hydrogen-bond acceptors (Lipinski definition) is 3. The smallest absolute Gasteiger partial charge is 0.270 e. The van der Waals surface area contributed by atoms with Crippen LogP contribution in [0, 0.1) is 6.92 Å². The second-order valence-electron chi connectivity index (χ2n) is 5.68. The predicted octanol–water partition coefficient (Wildman–Crippen LogP) is 3.92. The molecule has 1 heterocycles. The molecular formula is C19H25N3O. The molecule has 23 heavy (non-hydrogen) atoms. The minimum absolute atomic E-state index is 0.147. The Bertz CT molecular complexity index is 623. The molecule has 0 atom stereocenters. The highest BCUT2D eigenvalue weighted by atomic mass is 16.1. The van der Waals surface area contributed by atoms with Crippen molar-refractivity contribution in [3.8, 4) is 0 Å². The summed E-state index contributed by atoms with van der Waals surface area (Å²) in [6.45, 7) is 5.68. The van der Waals surface area contributed by atoms with Crippen molar-refractivity contribution in [2.75, 3.05) is 11.9 Å². The highest BCUT2D eigenvalue weighted by molar-refractivity contribution is 5.92. The molecule has 0 bridgehead atoms. The van der Waals surface area contributed by atoms with Gasteiger partial charge < -0.3 is 10.6 Å². The molecule has 0 aliphatic carbocycles. The van der Waals surface area contributed by atoms with Gasteiger partial charge in [-0.25, -0.2) is 4.98 Å². The summed E-state index contributed by atoms with van der Waals surface area (Å²) in [5.74, 6) is -0.147. The lowest BCUT2D eigenvalue weighted by Gasteiger charge is -2.09. The van der Waals surface area contributed by atoms with Crippen LogP contribution in [-0.4, -0.2) is 17.4 Å². The molecule has 1 aromatic heterocycles. The number of amides is 1. The molecule has 2 rings (SSSR count). The number of carbonyl (C=O) groups excluding carboxylic acids is 1. The summed E-state index contributed by atoms with van der Waals surface area (Å²) in [4.78, 5) is 16.4. The van der Waals surface area contributed by atoms with E-state index in [0.29, 0.717) is 12.2 Å². The molecule has 0 spiro atoms. The number of aromatic nitrogens is 1. The Balaban J connectivity index is 1.84. The summed E-state index contributed by atoms with van der Waals surface area (Å²) in [7, 11) is 0. The highest BCUT2D eigenvalue weighted by Gasteiger charge is 2.07. The lowest BCUT2D eigenvalue weighted by Crippen LogP contribution is -2.24. The van der Waals surface area contributed by atoms with E-state index in [0.717, 1.165) is 24.2 Å². The minimum atomic E-state index is -0.147. The van der Waals surface area contributed by atoms with Crippen LogP contribution in [0.4, 0.5) is 5.69 Å². The van der Waals surface area contributed by atoms with E-state index in [-0.39, 0.29) is 5.91 Å². The Labute approximate surface area is 138 Å². The normalized spacial score (nSPS) is 10.3. The molecule has 0 saturated heterocycles. The van der Waals surface area contributed by atoms with E-state index < -0.39 is 0 Å². The Hall–Kier alpha value is -2.36. The van der Waals surface area contributed by atoms with Gasteiger partial charge in [0.25, 0.3) is 5.91 Å². The molecule has 0 fully saturated rings. The van der Waals surface area contributed by atoms with Crippen molar-refractivity contribution in [2.24, 2.45) is 0 Å². The number of benzene rings is 1. The summed E-state index contributed by atoms with van der Waals surface area (Å²) < 4.78 is 0. The standard InChI is InChI=1S/C19H25N3O/c1-3-4-7-12-20-17-10-11-18(21-14-17)19(23)22-13-16-9-6-5-8-15(16)2/h5-6,8-11,14,20H,3-4,7,12-13H2,1-2H3,(H,22,23). The first kappa shape index (κ1) is 17.0. The molecule has 122 valence electrons. The molecule has 4 nitrogen and oxygen atoms in total. The first-order chi connectivity index (χ1) is 11.2. The fraction of sp³-hybridized carbons (Fsp3) is 0.368. The van der Waals surface area contributed by atoms with Crippen LogP contribution in [0.2, 0.25) is 0 Å². The molecule has 1 amide bonds. The Morgan fingerprint density at radius 1 is 1.13 bits per heavy atom. The number of rotatable bonds is 8. The lowest BCUT2D eigenvalue weighted by molar-refractivity contribution is 0.0946. The number of aryl methyl sites for hydroxylation is 1. The zero-order valence-corrected chi connectivity index (χ0v) is 13.9. The minimum Gasteiger partial charge on any atom is -0.384 e. The van der Waals surface area contributed by atoms with Crippen LogP contribution in [0.25, 0.3) is 0 Å². The zero-order chi connectivity index (χ0) is 16.5. The summed E-state index contributed by atoms with van der Waals surface area (Å²) in [5, 5.41) is 6.23. The van der Waals surface area contributed by atoms with Crippen LogP contribution in [-0.2, 0) is 6.54 Å². The molecule has 0 aliphatic heterocycles. The maximum absolute atomic E-state index is 12.1. The van der Waals surface area contributed by atoms with E-state index in [2.05, 4.69) is 22.5 Å². The van der Waals surface area contributed by atoms with Gasteiger partial charge in [-0.1, -0.05) is 44.0 Å². The number of anilines is 1. The average molecular weight is 311 g/mol. The van der Waals surface area contributed by atoms with Crippen molar-refractivity contribution in [1.82, 2.24) is 10.3 Å². The molecule has 4 heteroatoms. The quantitative estimate of drug-likeness (QED) is 0.726. The van der Waals surface area contributed by atoms with Crippen molar-refractivity contribution in [1.29, 1.82) is 0 Å². The largest absolute Gasteiger partial charge is 0.384 e. The Morgan fingerprint density at radius 3 is 2.65 bits per heavy atom. The van der Waals surface area contributed by atoms with E-state index in [9.17, 15) is 4.79 Å². The van der Waals surface area contributed by atoms with Crippen molar-refractivity contribution in [3.05, 3.63) is 59.4 Å². The third-order valence-corrected chi connectivity index (χ3v) is 3.81. The fourth-order valence-corrected chi connectivity index (χ4v) is 2.31. The van der Waals surface area contributed by atoms with Gasteiger partial charge in [0.1, 0.15) is 5.69 Å². The molecule has 0 saturated carbocycles. The number of nitrogens with one attached hydrogen (secondary N) is 2. The van der Waals surface area contributed by atoms with Crippen LogP contribution in [0.15, 0.2) is 42.6 Å². The van der Waals surface area contributed by atoms with Crippen LogP contribution >= 0.6 is 0 Å². The van der Waals surface area contributed by atoms with Gasteiger partial charge in [0.15, 0.2) is 0 Å². The first-order valence-corrected chi connectivity index (χ1v) is 8.23. The van der Waals surface area contributed by atoms with E-state index in [4.69, 9.17) is 0 Å². The molecule has 1 aromatic carbocycles. The third-order valence-electron chi connectivity index (χ3n) is 3.81. The van der Waals surface area contributed by atoms with Gasteiger partial charge in [-0.15, -0.1) is 0 Å².